The highest BCUT2D eigenvalue weighted by atomic mass is 32.1. The third-order valence-corrected chi connectivity index (χ3v) is 22.6. The van der Waals surface area contributed by atoms with Gasteiger partial charge in [0, 0.05) is 119 Å². The molecule has 102 heavy (non-hydrogen) atoms. The highest BCUT2D eigenvalue weighted by Gasteiger charge is 2.25. The monoisotopic (exact) mass is 1330 g/mol. The molecular formula is C92H54N8S2. The third-order valence-electron chi connectivity index (χ3n) is 20.3. The van der Waals surface area contributed by atoms with Crippen molar-refractivity contribution in [2.45, 2.75) is 0 Å². The molecule has 8 heterocycles. The number of para-hydroxylation sites is 2. The maximum Gasteiger partial charge on any atom is 0.160 e. The Morgan fingerprint density at radius 2 is 0.686 bits per heavy atom. The summed E-state index contributed by atoms with van der Waals surface area (Å²) in [4.78, 5) is 29.9. The second kappa shape index (κ2) is 23.3. The normalized spacial score (nSPS) is 11.9. The maximum absolute atomic E-state index is 5.20. The lowest BCUT2D eigenvalue weighted by Crippen LogP contribution is -1.98. The zero-order chi connectivity index (χ0) is 66.9. The summed E-state index contributed by atoms with van der Waals surface area (Å²) in [5.41, 5.74) is 18.2. The van der Waals surface area contributed by atoms with Crippen molar-refractivity contribution in [1.82, 2.24) is 39.0 Å². The topological polar surface area (TPSA) is 87.2 Å². The SMILES string of the molecule is c1ccc(-c2cccc(-c3nc(-c4ccc(-n5c6ccccc6c6c7sc8ccccc8c7c7ccccc7c65)cc4)nc4cccnc34)c2)cc1.c1ccc2c(-c3nc(-c4ccc(-n5c6ccccc6c6c7sc8ccccc8c7c7ccccc7c65)cc4)nc4cccnc34)cccc2c1. The highest BCUT2D eigenvalue weighted by Crippen LogP contribution is 2.50. The summed E-state index contributed by atoms with van der Waals surface area (Å²) < 4.78 is 10.2. The predicted molar refractivity (Wildman–Crippen MR) is 429 cm³/mol. The van der Waals surface area contributed by atoms with Gasteiger partial charge in [0.15, 0.2) is 11.6 Å². The van der Waals surface area contributed by atoms with Gasteiger partial charge in [-0.05, 0) is 136 Å². The zero-order valence-corrected chi connectivity index (χ0v) is 56.2. The molecule has 22 aromatic rings. The number of thiophene rings is 2. The molecule has 0 N–H and O–H groups in total. The molecule has 0 aliphatic carbocycles. The first-order chi connectivity index (χ1) is 50.6. The van der Waals surface area contributed by atoms with Gasteiger partial charge in [0.1, 0.15) is 22.4 Å². The predicted octanol–water partition coefficient (Wildman–Crippen LogP) is 24.8. The summed E-state index contributed by atoms with van der Waals surface area (Å²) in [6.07, 6.45) is 3.63. The van der Waals surface area contributed by atoms with Crippen LogP contribution >= 0.6 is 22.7 Å². The van der Waals surface area contributed by atoms with E-state index in [9.17, 15) is 0 Å². The molecule has 8 aromatic heterocycles. The maximum atomic E-state index is 5.20. The quantitative estimate of drug-likeness (QED) is 0.158. The number of nitrogens with zero attached hydrogens (tertiary/aromatic N) is 8. The number of hydrogen-bond donors (Lipinski definition) is 0. The molecule has 0 saturated carbocycles. The van der Waals surface area contributed by atoms with Crippen LogP contribution in [0.1, 0.15) is 0 Å². The molecule has 10 heteroatoms. The van der Waals surface area contributed by atoms with Crippen molar-refractivity contribution in [2.75, 3.05) is 0 Å². The van der Waals surface area contributed by atoms with Crippen LogP contribution in [0.2, 0.25) is 0 Å². The van der Waals surface area contributed by atoms with Crippen LogP contribution in [0.25, 0.3) is 206 Å². The second-order valence-electron chi connectivity index (χ2n) is 25.9. The Morgan fingerprint density at radius 3 is 1.25 bits per heavy atom. The molecule has 8 nitrogen and oxygen atoms in total. The minimum atomic E-state index is 0.673. The van der Waals surface area contributed by atoms with Crippen LogP contribution in [0.5, 0.6) is 0 Å². The molecule has 0 spiro atoms. The van der Waals surface area contributed by atoms with Crippen LogP contribution in [0.15, 0.2) is 328 Å². The molecule has 0 unspecified atom stereocenters. The number of rotatable bonds is 7. The Kier molecular flexibility index (Phi) is 13.2. The number of aromatic nitrogens is 8. The van der Waals surface area contributed by atoms with Gasteiger partial charge in [0.2, 0.25) is 0 Å². The molecular weight excluding hydrogens is 1280 g/mol. The molecule has 0 aliphatic heterocycles. The van der Waals surface area contributed by atoms with E-state index in [0.29, 0.717) is 11.6 Å². The average Bonchev–Trinajstić information content (AvgIpc) is 1.54. The van der Waals surface area contributed by atoms with Gasteiger partial charge in [0.05, 0.1) is 33.1 Å². The van der Waals surface area contributed by atoms with Crippen LogP contribution in [0.3, 0.4) is 0 Å². The van der Waals surface area contributed by atoms with Crippen molar-refractivity contribution in [2.24, 2.45) is 0 Å². The molecule has 0 atom stereocenters. The second-order valence-corrected chi connectivity index (χ2v) is 28.1. The standard InChI is InChI=1S/C47H28N4S.C45H26N4S/c1-2-12-29(13-3-1)31-14-10-15-32(28-31)43-44-38(20-11-27-48-44)49-47(50-43)30-23-25-33(26-24-30)51-39-21-8-6-18-36(39)42-45(51)35-17-5-4-16-34(35)41-37-19-7-9-22-40(37)52-46(41)42;1-2-13-30-27(11-1)12-9-18-32(30)41-42-36(19-10-26-46-42)47-45(48-41)28-22-24-29(25-23-28)49-37-20-7-5-16-34(37)40-43(49)33-15-4-3-14-31(33)39-35-17-6-8-21-38(35)50-44(39)40/h1-28H;1-26H. The minimum Gasteiger partial charge on any atom is -0.309 e. The van der Waals surface area contributed by atoms with Crippen molar-refractivity contribution in [3.05, 3.63) is 328 Å². The van der Waals surface area contributed by atoms with Crippen molar-refractivity contribution >= 4 is 161 Å². The molecule has 474 valence electrons. The van der Waals surface area contributed by atoms with E-state index >= 15 is 0 Å². The first kappa shape index (κ1) is 57.9. The first-order valence-corrected chi connectivity index (χ1v) is 35.9. The van der Waals surface area contributed by atoms with Crippen LogP contribution in [-0.2, 0) is 0 Å². The molecule has 0 amide bonds. The Labute approximate surface area is 591 Å². The van der Waals surface area contributed by atoms with Gasteiger partial charge in [-0.15, -0.1) is 22.7 Å². The van der Waals surface area contributed by atoms with Gasteiger partial charge in [0.25, 0.3) is 0 Å². The molecule has 0 saturated heterocycles. The van der Waals surface area contributed by atoms with Crippen molar-refractivity contribution in [1.29, 1.82) is 0 Å². The van der Waals surface area contributed by atoms with E-state index in [0.717, 1.165) is 83.6 Å². The van der Waals surface area contributed by atoms with Gasteiger partial charge in [-0.3, -0.25) is 9.97 Å². The molecule has 0 fully saturated rings. The molecule has 0 bridgehead atoms. The lowest BCUT2D eigenvalue weighted by molar-refractivity contribution is 1.18. The molecule has 0 radical (unpaired) electrons. The van der Waals surface area contributed by atoms with E-state index in [1.165, 1.54) is 111 Å². The van der Waals surface area contributed by atoms with Gasteiger partial charge < -0.3 is 9.13 Å². The summed E-state index contributed by atoms with van der Waals surface area (Å²) in [5, 5.41) is 17.9. The van der Waals surface area contributed by atoms with E-state index in [-0.39, 0.29) is 0 Å². The summed E-state index contributed by atoms with van der Waals surface area (Å²) in [6.45, 7) is 0. The molecule has 14 aromatic carbocycles. The van der Waals surface area contributed by atoms with Gasteiger partial charge in [-0.1, -0.05) is 212 Å². The van der Waals surface area contributed by atoms with E-state index in [4.69, 9.17) is 29.9 Å². The fraction of sp³-hybridized carbons (Fsp3) is 0. The Morgan fingerprint density at radius 1 is 0.265 bits per heavy atom. The van der Waals surface area contributed by atoms with Crippen molar-refractivity contribution in [3.8, 4) is 67.8 Å². The summed E-state index contributed by atoms with van der Waals surface area (Å²) in [6, 6.07) is 112. The summed E-state index contributed by atoms with van der Waals surface area (Å²) in [7, 11) is 0. The Balaban J connectivity index is 0.000000133. The lowest BCUT2D eigenvalue weighted by atomic mass is 9.99. The number of fused-ring (bicyclic) bond motifs is 23. The largest absolute Gasteiger partial charge is 0.309 e. The van der Waals surface area contributed by atoms with E-state index in [1.807, 2.05) is 65.4 Å². The van der Waals surface area contributed by atoms with Gasteiger partial charge in [-0.25, -0.2) is 19.9 Å². The van der Waals surface area contributed by atoms with E-state index in [1.54, 1.807) is 0 Å². The van der Waals surface area contributed by atoms with Crippen LogP contribution in [0, 0.1) is 0 Å². The van der Waals surface area contributed by atoms with Crippen molar-refractivity contribution < 1.29 is 0 Å². The minimum absolute atomic E-state index is 0.673. The highest BCUT2D eigenvalue weighted by molar-refractivity contribution is 7.27. The first-order valence-electron chi connectivity index (χ1n) is 34.2. The van der Waals surface area contributed by atoms with Crippen molar-refractivity contribution in [3.63, 3.8) is 0 Å². The lowest BCUT2D eigenvalue weighted by Gasteiger charge is -2.13. The Hall–Kier alpha value is -13.1. The Bertz CT molecular complexity index is 7190. The summed E-state index contributed by atoms with van der Waals surface area (Å²) in [5.74, 6) is 1.35. The molecule has 0 aliphatic rings. The molecule has 22 rings (SSSR count). The van der Waals surface area contributed by atoms with Crippen LogP contribution < -0.4 is 0 Å². The average molecular weight is 1340 g/mol. The van der Waals surface area contributed by atoms with E-state index < -0.39 is 0 Å². The van der Waals surface area contributed by atoms with Gasteiger partial charge >= 0.3 is 0 Å². The third kappa shape index (κ3) is 9.06. The summed E-state index contributed by atoms with van der Waals surface area (Å²) >= 11 is 3.79. The van der Waals surface area contributed by atoms with E-state index in [2.05, 4.69) is 294 Å². The van der Waals surface area contributed by atoms with Gasteiger partial charge in [-0.2, -0.15) is 0 Å². The number of pyridine rings is 2. The van der Waals surface area contributed by atoms with Crippen LogP contribution in [0.4, 0.5) is 0 Å². The fourth-order valence-corrected chi connectivity index (χ4v) is 18.3. The number of benzene rings is 14. The fourth-order valence-electron chi connectivity index (χ4n) is 15.8. The zero-order valence-electron chi connectivity index (χ0n) is 54.6. The smallest absolute Gasteiger partial charge is 0.160 e. The van der Waals surface area contributed by atoms with Crippen LogP contribution in [-0.4, -0.2) is 39.0 Å². The number of hydrogen-bond acceptors (Lipinski definition) is 8.